The lowest BCUT2D eigenvalue weighted by Crippen LogP contribution is -2.32. The van der Waals surface area contributed by atoms with Gasteiger partial charge in [0.15, 0.2) is 0 Å². The van der Waals surface area contributed by atoms with Crippen LogP contribution in [-0.2, 0) is 4.79 Å². The number of phenolic OH excluding ortho intramolecular Hbond substituents is 2. The van der Waals surface area contributed by atoms with Crippen LogP contribution in [0.3, 0.4) is 0 Å². The van der Waals surface area contributed by atoms with Crippen LogP contribution in [0.15, 0.2) is 30.9 Å². The maximum atomic E-state index is 10.8. The molecule has 1 rings (SSSR count). The maximum Gasteiger partial charge on any atom is 0.317 e. The Bertz CT molecular complexity index is 424. The highest BCUT2D eigenvalue weighted by Gasteiger charge is 2.22. The van der Waals surface area contributed by atoms with Crippen molar-refractivity contribution in [2.24, 2.45) is 0 Å². The number of aromatic hydroxyl groups is 2. The second-order valence-corrected chi connectivity index (χ2v) is 4.00. The van der Waals surface area contributed by atoms with Crippen LogP contribution in [0.25, 0.3) is 0 Å². The first kappa shape index (κ1) is 14.1. The molecule has 18 heavy (non-hydrogen) atoms. The Kier molecular flexibility index (Phi) is 4.74. The fourth-order valence-corrected chi connectivity index (χ4v) is 1.85. The molecule has 0 aliphatic heterocycles. The van der Waals surface area contributed by atoms with E-state index in [4.69, 9.17) is 5.11 Å². The number of carboxylic acid groups (broad SMARTS) is 1. The Hall–Kier alpha value is -2.01. The molecule has 0 radical (unpaired) electrons. The molecule has 1 atom stereocenters. The molecule has 1 aromatic carbocycles. The lowest BCUT2D eigenvalue weighted by atomic mass is 10.0. The summed E-state index contributed by atoms with van der Waals surface area (Å²) in [7, 11) is 0. The van der Waals surface area contributed by atoms with Crippen molar-refractivity contribution in [3.63, 3.8) is 0 Å². The first-order valence-electron chi connectivity index (χ1n) is 5.55. The van der Waals surface area contributed by atoms with Gasteiger partial charge in [-0.15, -0.1) is 6.58 Å². The van der Waals surface area contributed by atoms with E-state index >= 15 is 0 Å². The molecule has 0 heterocycles. The molecular formula is C13H17NO4. The van der Waals surface area contributed by atoms with Crippen molar-refractivity contribution in [1.29, 1.82) is 0 Å². The fraction of sp³-hybridized carbons (Fsp3) is 0.308. The van der Waals surface area contributed by atoms with Crippen molar-refractivity contribution in [3.05, 3.63) is 36.4 Å². The van der Waals surface area contributed by atoms with Crippen LogP contribution in [0, 0.1) is 0 Å². The summed E-state index contributed by atoms with van der Waals surface area (Å²) in [6, 6.07) is 4.01. The molecule has 5 heteroatoms. The van der Waals surface area contributed by atoms with Gasteiger partial charge in [0.2, 0.25) is 0 Å². The van der Waals surface area contributed by atoms with Gasteiger partial charge >= 0.3 is 5.97 Å². The third-order valence-electron chi connectivity index (χ3n) is 2.73. The smallest absolute Gasteiger partial charge is 0.317 e. The van der Waals surface area contributed by atoms with Crippen LogP contribution < -0.4 is 0 Å². The summed E-state index contributed by atoms with van der Waals surface area (Å²) in [6.45, 7) is 5.45. The van der Waals surface area contributed by atoms with E-state index in [9.17, 15) is 15.0 Å². The average molecular weight is 251 g/mol. The van der Waals surface area contributed by atoms with Gasteiger partial charge < -0.3 is 15.3 Å². The van der Waals surface area contributed by atoms with Gasteiger partial charge in [-0.3, -0.25) is 9.69 Å². The van der Waals surface area contributed by atoms with Crippen LogP contribution >= 0.6 is 0 Å². The Labute approximate surface area is 106 Å². The molecule has 3 N–H and O–H groups in total. The second kappa shape index (κ2) is 6.07. The van der Waals surface area contributed by atoms with E-state index in [1.54, 1.807) is 17.9 Å². The second-order valence-electron chi connectivity index (χ2n) is 4.00. The van der Waals surface area contributed by atoms with Crippen LogP contribution in [0.1, 0.15) is 18.5 Å². The summed E-state index contributed by atoms with van der Waals surface area (Å²) in [5, 5.41) is 28.4. The first-order chi connectivity index (χ1) is 8.47. The highest BCUT2D eigenvalue weighted by atomic mass is 16.4. The number of hydrogen-bond donors (Lipinski definition) is 3. The van der Waals surface area contributed by atoms with Crippen LogP contribution in [0.5, 0.6) is 11.5 Å². The normalized spacial score (nSPS) is 12.3. The van der Waals surface area contributed by atoms with Crippen LogP contribution in [0.4, 0.5) is 0 Å². The summed E-state index contributed by atoms with van der Waals surface area (Å²) in [5.41, 5.74) is 0.320. The van der Waals surface area contributed by atoms with E-state index in [1.165, 1.54) is 18.2 Å². The summed E-state index contributed by atoms with van der Waals surface area (Å²) < 4.78 is 0. The van der Waals surface area contributed by atoms with Gasteiger partial charge in [-0.1, -0.05) is 12.1 Å². The zero-order valence-corrected chi connectivity index (χ0v) is 10.2. The Balaban J connectivity index is 3.04. The fourth-order valence-electron chi connectivity index (χ4n) is 1.85. The standard InChI is InChI=1S/C13H17NO4/c1-3-7-14(8-12(17)18)9(2)13-10(15)5-4-6-11(13)16/h3-6,9,15-16H,1,7-8H2,2H3,(H,17,18). The minimum Gasteiger partial charge on any atom is -0.507 e. The predicted octanol–water partition coefficient (Wildman–Crippen LogP) is 1.73. The Morgan fingerprint density at radius 1 is 1.44 bits per heavy atom. The van der Waals surface area contributed by atoms with E-state index in [-0.39, 0.29) is 18.0 Å². The summed E-state index contributed by atoms with van der Waals surface area (Å²) in [4.78, 5) is 12.4. The van der Waals surface area contributed by atoms with Gasteiger partial charge in [0.1, 0.15) is 11.5 Å². The van der Waals surface area contributed by atoms with E-state index < -0.39 is 12.0 Å². The molecule has 0 saturated heterocycles. The third-order valence-corrected chi connectivity index (χ3v) is 2.73. The van der Waals surface area contributed by atoms with Crippen molar-refractivity contribution in [2.75, 3.05) is 13.1 Å². The van der Waals surface area contributed by atoms with Gasteiger partial charge in [0.25, 0.3) is 0 Å². The molecule has 5 nitrogen and oxygen atoms in total. The molecular weight excluding hydrogens is 234 g/mol. The lowest BCUT2D eigenvalue weighted by molar-refractivity contribution is -0.138. The first-order valence-corrected chi connectivity index (χ1v) is 5.55. The molecule has 0 aliphatic rings. The van der Waals surface area contributed by atoms with Crippen molar-refractivity contribution >= 4 is 5.97 Å². The molecule has 1 unspecified atom stereocenters. The van der Waals surface area contributed by atoms with Crippen LogP contribution in [0.2, 0.25) is 0 Å². The monoisotopic (exact) mass is 251 g/mol. The highest BCUT2D eigenvalue weighted by molar-refractivity contribution is 5.69. The Morgan fingerprint density at radius 3 is 2.44 bits per heavy atom. The topological polar surface area (TPSA) is 81.0 Å². The molecule has 1 aromatic rings. The van der Waals surface area contributed by atoms with E-state index in [0.717, 1.165) is 0 Å². The number of hydrogen-bond acceptors (Lipinski definition) is 4. The summed E-state index contributed by atoms with van der Waals surface area (Å²) >= 11 is 0. The zero-order valence-electron chi connectivity index (χ0n) is 10.2. The molecule has 0 aliphatic carbocycles. The van der Waals surface area contributed by atoms with E-state index in [2.05, 4.69) is 6.58 Å². The molecule has 0 bridgehead atoms. The van der Waals surface area contributed by atoms with Crippen LogP contribution in [-0.4, -0.2) is 39.3 Å². The molecule has 0 amide bonds. The largest absolute Gasteiger partial charge is 0.507 e. The van der Waals surface area contributed by atoms with Gasteiger partial charge in [-0.2, -0.15) is 0 Å². The molecule has 0 fully saturated rings. The minimum atomic E-state index is -0.974. The predicted molar refractivity (Wildman–Crippen MR) is 67.6 cm³/mol. The van der Waals surface area contributed by atoms with Crippen molar-refractivity contribution in [2.45, 2.75) is 13.0 Å². The third kappa shape index (κ3) is 3.24. The van der Waals surface area contributed by atoms with E-state index in [1.807, 2.05) is 0 Å². The van der Waals surface area contributed by atoms with Gasteiger partial charge in [-0.25, -0.2) is 0 Å². The number of carbonyl (C=O) groups is 1. The molecule has 98 valence electrons. The maximum absolute atomic E-state index is 10.8. The van der Waals surface area contributed by atoms with Gasteiger partial charge in [0, 0.05) is 12.6 Å². The van der Waals surface area contributed by atoms with Gasteiger partial charge in [-0.05, 0) is 19.1 Å². The summed E-state index contributed by atoms with van der Waals surface area (Å²) in [5.74, 6) is -1.08. The lowest BCUT2D eigenvalue weighted by Gasteiger charge is -2.27. The number of carboxylic acids is 1. The number of nitrogens with zero attached hydrogens (tertiary/aromatic N) is 1. The SMILES string of the molecule is C=CCN(CC(=O)O)C(C)c1c(O)cccc1O. The van der Waals surface area contributed by atoms with Crippen molar-refractivity contribution in [1.82, 2.24) is 4.90 Å². The number of rotatable bonds is 6. The molecule has 0 saturated carbocycles. The van der Waals surface area contributed by atoms with Crippen molar-refractivity contribution in [3.8, 4) is 11.5 Å². The Morgan fingerprint density at radius 2 is 2.00 bits per heavy atom. The number of phenols is 2. The van der Waals surface area contributed by atoms with E-state index in [0.29, 0.717) is 12.1 Å². The highest BCUT2D eigenvalue weighted by Crippen LogP contribution is 2.35. The zero-order chi connectivity index (χ0) is 13.7. The molecule has 0 spiro atoms. The number of aliphatic carboxylic acids is 1. The van der Waals surface area contributed by atoms with Gasteiger partial charge in [0.05, 0.1) is 12.1 Å². The molecule has 0 aromatic heterocycles. The summed E-state index contributed by atoms with van der Waals surface area (Å²) in [6.07, 6.45) is 1.58. The minimum absolute atomic E-state index is 0.0537. The number of benzene rings is 1. The average Bonchev–Trinajstić information content (AvgIpc) is 2.27. The van der Waals surface area contributed by atoms with Crippen molar-refractivity contribution < 1.29 is 20.1 Å². The quantitative estimate of drug-likeness (QED) is 0.671.